The van der Waals surface area contributed by atoms with Gasteiger partial charge in [0.15, 0.2) is 11.6 Å². The monoisotopic (exact) mass is 536 g/mol. The molecule has 0 radical (unpaired) electrons. The molecule has 2 heterocycles. The summed E-state index contributed by atoms with van der Waals surface area (Å²) in [6.07, 6.45) is 4.51. The van der Waals surface area contributed by atoms with E-state index in [4.69, 9.17) is 9.72 Å². The first-order chi connectivity index (χ1) is 19.6. The summed E-state index contributed by atoms with van der Waals surface area (Å²) in [5, 5.41) is 14.7. The van der Waals surface area contributed by atoms with Crippen molar-refractivity contribution >= 4 is 16.9 Å². The number of nitrogens with zero attached hydrogens (tertiary/aromatic N) is 5. The quantitative estimate of drug-likeness (QED) is 0.169. The van der Waals surface area contributed by atoms with E-state index < -0.39 is 0 Å². The normalized spacial score (nSPS) is 11.2. The number of tetrazole rings is 1. The minimum Gasteiger partial charge on any atom is -0.424 e. The maximum absolute atomic E-state index is 13.8. The number of H-pyrrole nitrogens is 1. The van der Waals surface area contributed by atoms with Gasteiger partial charge in [-0.05, 0) is 52.1 Å². The van der Waals surface area contributed by atoms with E-state index in [1.807, 2.05) is 55.5 Å². The molecule has 0 bridgehead atoms. The molecule has 0 fully saturated rings. The van der Waals surface area contributed by atoms with Gasteiger partial charge in [-0.1, -0.05) is 81.3 Å². The van der Waals surface area contributed by atoms with Crippen LogP contribution in [0.3, 0.4) is 0 Å². The van der Waals surface area contributed by atoms with Crippen LogP contribution in [0.1, 0.15) is 57.3 Å². The zero-order valence-corrected chi connectivity index (χ0v) is 22.8. The standard InChI is InChI=1S/C31H32N6O3/c1-3-5-14-27-32-29-25(12-9-13-26(29)40-28(38)15-6-4-2)31(39)37(27)20-21-16-18-22(19-17-21)23-10-7-8-11-24(23)30-33-35-36-34-30/h7-13,16-19H,3-6,14-15,20H2,1-2H3,(H,33,34,35,36). The number of carbonyl (C=O) groups is 1. The third kappa shape index (κ3) is 5.83. The molecule has 2 aromatic heterocycles. The zero-order chi connectivity index (χ0) is 27.9. The van der Waals surface area contributed by atoms with Crippen molar-refractivity contribution in [2.75, 3.05) is 0 Å². The molecule has 5 aromatic rings. The minimum absolute atomic E-state index is 0.144. The molecule has 204 valence electrons. The number of unbranched alkanes of at least 4 members (excludes halogenated alkanes) is 2. The second-order valence-electron chi connectivity index (χ2n) is 9.75. The van der Waals surface area contributed by atoms with Crippen molar-refractivity contribution in [3.05, 3.63) is 88.5 Å². The van der Waals surface area contributed by atoms with Crippen LogP contribution in [-0.2, 0) is 17.8 Å². The van der Waals surface area contributed by atoms with Crippen LogP contribution in [0.2, 0.25) is 0 Å². The number of aromatic amines is 1. The molecule has 9 nitrogen and oxygen atoms in total. The number of nitrogens with one attached hydrogen (secondary N) is 1. The van der Waals surface area contributed by atoms with Gasteiger partial charge in [-0.25, -0.2) is 10.1 Å². The van der Waals surface area contributed by atoms with Crippen LogP contribution in [0.4, 0.5) is 0 Å². The zero-order valence-electron chi connectivity index (χ0n) is 22.8. The number of para-hydroxylation sites is 1. The number of aryl methyl sites for hydroxylation is 1. The number of aromatic nitrogens is 6. The largest absolute Gasteiger partial charge is 0.424 e. The van der Waals surface area contributed by atoms with Gasteiger partial charge in [-0.2, -0.15) is 0 Å². The Morgan fingerprint density at radius 1 is 0.925 bits per heavy atom. The number of ether oxygens (including phenoxy) is 1. The van der Waals surface area contributed by atoms with Crippen molar-refractivity contribution in [2.45, 2.75) is 58.9 Å². The van der Waals surface area contributed by atoms with E-state index in [0.717, 1.165) is 47.9 Å². The Hall–Kier alpha value is -4.66. The van der Waals surface area contributed by atoms with Crippen LogP contribution < -0.4 is 10.3 Å². The highest BCUT2D eigenvalue weighted by atomic mass is 16.5. The highest BCUT2D eigenvalue weighted by molar-refractivity contribution is 5.86. The summed E-state index contributed by atoms with van der Waals surface area (Å²) >= 11 is 0. The topological polar surface area (TPSA) is 116 Å². The average molecular weight is 537 g/mol. The molecule has 0 unspecified atom stereocenters. The first-order valence-corrected chi connectivity index (χ1v) is 13.7. The molecule has 0 saturated heterocycles. The predicted molar refractivity (Wildman–Crippen MR) is 154 cm³/mol. The molecular weight excluding hydrogens is 504 g/mol. The van der Waals surface area contributed by atoms with Crippen LogP contribution in [0.5, 0.6) is 5.75 Å². The molecule has 1 N–H and O–H groups in total. The van der Waals surface area contributed by atoms with Gasteiger partial charge in [0.25, 0.3) is 5.56 Å². The van der Waals surface area contributed by atoms with Crippen LogP contribution in [0.15, 0.2) is 71.5 Å². The Labute approximate surface area is 232 Å². The van der Waals surface area contributed by atoms with Gasteiger partial charge in [0.05, 0.1) is 11.9 Å². The van der Waals surface area contributed by atoms with Gasteiger partial charge in [0.1, 0.15) is 11.3 Å². The van der Waals surface area contributed by atoms with Gasteiger partial charge in [-0.3, -0.25) is 14.2 Å². The molecule has 3 aromatic carbocycles. The van der Waals surface area contributed by atoms with E-state index >= 15 is 0 Å². The number of rotatable bonds is 11. The lowest BCUT2D eigenvalue weighted by atomic mass is 9.98. The predicted octanol–water partition coefficient (Wildman–Crippen LogP) is 5.73. The molecule has 9 heteroatoms. The summed E-state index contributed by atoms with van der Waals surface area (Å²) in [6, 6.07) is 21.2. The molecule has 0 aliphatic rings. The molecule has 0 aliphatic carbocycles. The van der Waals surface area contributed by atoms with Crippen molar-refractivity contribution in [1.82, 2.24) is 30.2 Å². The second kappa shape index (κ2) is 12.5. The van der Waals surface area contributed by atoms with Crippen LogP contribution in [-0.4, -0.2) is 36.1 Å². The Kier molecular flexibility index (Phi) is 8.39. The number of fused-ring (bicyclic) bond motifs is 1. The summed E-state index contributed by atoms with van der Waals surface area (Å²) < 4.78 is 7.37. The van der Waals surface area contributed by atoms with Gasteiger partial charge in [0.2, 0.25) is 0 Å². The Morgan fingerprint density at radius 3 is 2.42 bits per heavy atom. The van der Waals surface area contributed by atoms with Gasteiger partial charge >= 0.3 is 5.97 Å². The van der Waals surface area contributed by atoms with Crippen LogP contribution in [0, 0.1) is 0 Å². The van der Waals surface area contributed by atoms with E-state index in [1.54, 1.807) is 22.8 Å². The summed E-state index contributed by atoms with van der Waals surface area (Å²) in [7, 11) is 0. The smallest absolute Gasteiger partial charge is 0.311 e. The highest BCUT2D eigenvalue weighted by Gasteiger charge is 2.17. The maximum atomic E-state index is 13.8. The van der Waals surface area contributed by atoms with Crippen LogP contribution >= 0.6 is 0 Å². The number of esters is 1. The fourth-order valence-electron chi connectivity index (χ4n) is 4.72. The van der Waals surface area contributed by atoms with Crippen molar-refractivity contribution in [3.8, 4) is 28.3 Å². The Balaban J connectivity index is 1.48. The van der Waals surface area contributed by atoms with E-state index in [2.05, 4.69) is 27.5 Å². The fraction of sp³-hybridized carbons (Fsp3) is 0.290. The molecule has 5 rings (SSSR count). The Morgan fingerprint density at radius 2 is 1.70 bits per heavy atom. The minimum atomic E-state index is -0.309. The summed E-state index contributed by atoms with van der Waals surface area (Å²) in [5.41, 5.74) is 4.19. The third-order valence-electron chi connectivity index (χ3n) is 6.87. The summed E-state index contributed by atoms with van der Waals surface area (Å²) in [4.78, 5) is 31.0. The average Bonchev–Trinajstić information content (AvgIpc) is 3.52. The van der Waals surface area contributed by atoms with Crippen molar-refractivity contribution in [3.63, 3.8) is 0 Å². The fourth-order valence-corrected chi connectivity index (χ4v) is 4.72. The van der Waals surface area contributed by atoms with E-state index in [1.165, 1.54) is 0 Å². The van der Waals surface area contributed by atoms with Crippen LogP contribution in [0.25, 0.3) is 33.4 Å². The molecule has 0 aliphatic heterocycles. The molecule has 0 saturated carbocycles. The third-order valence-corrected chi connectivity index (χ3v) is 6.87. The number of hydrogen-bond acceptors (Lipinski definition) is 7. The highest BCUT2D eigenvalue weighted by Crippen LogP contribution is 2.30. The first kappa shape index (κ1) is 26.9. The molecule has 0 spiro atoms. The van der Waals surface area contributed by atoms with Gasteiger partial charge in [-0.15, -0.1) is 5.10 Å². The first-order valence-electron chi connectivity index (χ1n) is 13.7. The lowest BCUT2D eigenvalue weighted by Crippen LogP contribution is -2.26. The molecule has 0 amide bonds. The number of hydrogen-bond donors (Lipinski definition) is 1. The number of benzene rings is 3. The summed E-state index contributed by atoms with van der Waals surface area (Å²) in [5.74, 6) is 1.32. The number of carbonyl (C=O) groups excluding carboxylic acids is 1. The van der Waals surface area contributed by atoms with Crippen molar-refractivity contribution < 1.29 is 9.53 Å². The van der Waals surface area contributed by atoms with Crippen molar-refractivity contribution in [1.29, 1.82) is 0 Å². The maximum Gasteiger partial charge on any atom is 0.311 e. The van der Waals surface area contributed by atoms with Gasteiger partial charge in [0, 0.05) is 18.4 Å². The lowest BCUT2D eigenvalue weighted by Gasteiger charge is -2.15. The van der Waals surface area contributed by atoms with E-state index in [0.29, 0.717) is 47.7 Å². The lowest BCUT2D eigenvalue weighted by molar-refractivity contribution is -0.134. The second-order valence-corrected chi connectivity index (χ2v) is 9.75. The summed E-state index contributed by atoms with van der Waals surface area (Å²) in [6.45, 7) is 4.52. The SMILES string of the molecule is CCCCC(=O)Oc1cccc2c(=O)n(Cc3ccc(-c4ccccc4-c4nnn[nH]4)cc3)c(CCCC)nc12. The van der Waals surface area contributed by atoms with E-state index in [9.17, 15) is 9.59 Å². The molecule has 0 atom stereocenters. The van der Waals surface area contributed by atoms with Gasteiger partial charge < -0.3 is 4.74 Å². The molecular formula is C31H32N6O3. The van der Waals surface area contributed by atoms with Crippen molar-refractivity contribution in [2.24, 2.45) is 0 Å². The Bertz CT molecular complexity index is 1660. The van der Waals surface area contributed by atoms with E-state index in [-0.39, 0.29) is 11.5 Å². The molecule has 40 heavy (non-hydrogen) atoms.